The molecule has 0 spiro atoms. The molecule has 0 N–H and O–H groups in total. The van der Waals surface area contributed by atoms with Gasteiger partial charge in [-0.25, -0.2) is 0 Å². The van der Waals surface area contributed by atoms with Crippen LogP contribution in [0.25, 0.3) is 0 Å². The van der Waals surface area contributed by atoms with Crippen LogP contribution in [0.1, 0.15) is 0 Å². The van der Waals surface area contributed by atoms with E-state index in [9.17, 15) is 0 Å². The van der Waals surface area contributed by atoms with Gasteiger partial charge in [0.05, 0.1) is 0 Å². The summed E-state index contributed by atoms with van der Waals surface area (Å²) < 4.78 is 0. The van der Waals surface area contributed by atoms with Gasteiger partial charge >= 0.3 is 0 Å². The Balaban J connectivity index is 0. The number of nitrogens with zero attached hydrogens (tertiary/aromatic N) is 2. The molecule has 0 atom stereocenters. The van der Waals surface area contributed by atoms with Crippen molar-refractivity contribution in [2.24, 2.45) is 0 Å². The first-order chi connectivity index (χ1) is 4.33. The van der Waals surface area contributed by atoms with Crippen molar-refractivity contribution in [3.8, 4) is 0 Å². The standard InChI is InChI=1S/C7H15N2.2Y/c1-3-9-6-4-8(2)5-7-9;;/h1,3-7H2,2H3;;/q-1;;. The van der Waals surface area contributed by atoms with Crippen molar-refractivity contribution in [2.75, 3.05) is 39.8 Å². The summed E-state index contributed by atoms with van der Waals surface area (Å²) in [6, 6.07) is 0. The van der Waals surface area contributed by atoms with Gasteiger partial charge in [-0.1, -0.05) is 0 Å². The molecule has 60 valence electrons. The average molecular weight is 305 g/mol. The second kappa shape index (κ2) is 8.71. The zero-order chi connectivity index (χ0) is 6.69. The van der Waals surface area contributed by atoms with Crippen LogP contribution in [-0.4, -0.2) is 49.6 Å². The van der Waals surface area contributed by atoms with E-state index in [4.69, 9.17) is 0 Å². The maximum Gasteiger partial charge on any atom is 0.0106 e. The molecule has 2 nitrogen and oxygen atoms in total. The van der Waals surface area contributed by atoms with Gasteiger partial charge < -0.3 is 16.7 Å². The normalized spacial score (nSPS) is 20.2. The van der Waals surface area contributed by atoms with Crippen molar-refractivity contribution in [2.45, 2.75) is 0 Å². The van der Waals surface area contributed by atoms with Crippen LogP contribution in [0.15, 0.2) is 0 Å². The Morgan fingerprint density at radius 3 is 1.91 bits per heavy atom. The minimum absolute atomic E-state index is 0. The predicted molar refractivity (Wildman–Crippen MR) is 39.3 cm³/mol. The molecule has 1 aliphatic heterocycles. The van der Waals surface area contributed by atoms with Gasteiger partial charge in [-0.05, 0) is 7.05 Å². The summed E-state index contributed by atoms with van der Waals surface area (Å²) in [5.74, 6) is 0. The van der Waals surface area contributed by atoms with E-state index in [0.29, 0.717) is 0 Å². The third kappa shape index (κ3) is 6.23. The van der Waals surface area contributed by atoms with Crippen molar-refractivity contribution in [3.63, 3.8) is 0 Å². The molecule has 0 unspecified atom stereocenters. The van der Waals surface area contributed by atoms with Crippen LogP contribution < -0.4 is 0 Å². The molecule has 2 radical (unpaired) electrons. The van der Waals surface area contributed by atoms with Gasteiger partial charge in [-0.3, -0.25) is 0 Å². The molecule has 0 amide bonds. The molecule has 0 aromatic heterocycles. The van der Waals surface area contributed by atoms with Crippen molar-refractivity contribution in [1.82, 2.24) is 9.80 Å². The van der Waals surface area contributed by atoms with E-state index in [2.05, 4.69) is 23.8 Å². The van der Waals surface area contributed by atoms with E-state index in [1.165, 1.54) is 26.2 Å². The number of hydrogen-bond acceptors (Lipinski definition) is 2. The molecule has 1 aliphatic rings. The van der Waals surface area contributed by atoms with Crippen LogP contribution in [0.3, 0.4) is 0 Å². The quantitative estimate of drug-likeness (QED) is 0.632. The monoisotopic (exact) mass is 305 g/mol. The maximum atomic E-state index is 3.84. The summed E-state index contributed by atoms with van der Waals surface area (Å²) in [7, 11) is 2.17. The summed E-state index contributed by atoms with van der Waals surface area (Å²) >= 11 is 0. The van der Waals surface area contributed by atoms with E-state index < -0.39 is 0 Å². The Kier molecular flexibility index (Phi) is 12.4. The fourth-order valence-electron chi connectivity index (χ4n) is 1.07. The summed E-state index contributed by atoms with van der Waals surface area (Å²) in [6.45, 7) is 9.60. The second-order valence-electron chi connectivity index (χ2n) is 2.64. The van der Waals surface area contributed by atoms with Crippen LogP contribution in [0.2, 0.25) is 0 Å². The van der Waals surface area contributed by atoms with Gasteiger partial charge in [-0.2, -0.15) is 0 Å². The Bertz CT molecular complexity index is 82.5. The first kappa shape index (κ1) is 15.6. The zero-order valence-electron chi connectivity index (χ0n) is 7.29. The fourth-order valence-corrected chi connectivity index (χ4v) is 1.07. The number of rotatable bonds is 1. The molecule has 0 aliphatic carbocycles. The number of likely N-dealkylation sites (N-methyl/N-ethyl adjacent to an activating group) is 1. The van der Waals surface area contributed by atoms with Crippen molar-refractivity contribution in [1.29, 1.82) is 0 Å². The molecule has 0 saturated carbocycles. The maximum absolute atomic E-state index is 3.84. The first-order valence-corrected chi connectivity index (χ1v) is 3.53. The largest absolute Gasteiger partial charge is 0.330 e. The molecule has 1 saturated heterocycles. The van der Waals surface area contributed by atoms with E-state index >= 15 is 0 Å². The summed E-state index contributed by atoms with van der Waals surface area (Å²) in [4.78, 5) is 4.73. The smallest absolute Gasteiger partial charge is 0.0106 e. The summed E-state index contributed by atoms with van der Waals surface area (Å²) in [5, 5.41) is 0. The minimum Gasteiger partial charge on any atom is -0.330 e. The Morgan fingerprint density at radius 2 is 1.55 bits per heavy atom. The molecule has 1 heterocycles. The summed E-state index contributed by atoms with van der Waals surface area (Å²) in [6.07, 6.45) is 0. The second-order valence-corrected chi connectivity index (χ2v) is 2.64. The van der Waals surface area contributed by atoms with Gasteiger partial charge in [0.1, 0.15) is 0 Å². The molecular formula is C7H15N2Y2-. The Hall–Kier alpha value is 2.13. The first-order valence-electron chi connectivity index (χ1n) is 3.53. The molecule has 4 heteroatoms. The van der Waals surface area contributed by atoms with Crippen LogP contribution in [0.5, 0.6) is 0 Å². The van der Waals surface area contributed by atoms with Crippen LogP contribution >= 0.6 is 0 Å². The van der Waals surface area contributed by atoms with E-state index in [0.717, 1.165) is 6.54 Å². The third-order valence-corrected chi connectivity index (χ3v) is 1.91. The van der Waals surface area contributed by atoms with Gasteiger partial charge in [0.2, 0.25) is 0 Å². The average Bonchev–Trinajstić information content (AvgIpc) is 1.90. The van der Waals surface area contributed by atoms with Crippen molar-refractivity contribution in [3.05, 3.63) is 6.92 Å². The van der Waals surface area contributed by atoms with Crippen LogP contribution in [-0.2, 0) is 65.4 Å². The molecule has 0 aromatic carbocycles. The summed E-state index contributed by atoms with van der Waals surface area (Å²) in [5.41, 5.74) is 0. The van der Waals surface area contributed by atoms with Gasteiger partial charge in [-0.15, -0.1) is 6.54 Å². The molecule has 11 heavy (non-hydrogen) atoms. The number of piperazine rings is 1. The van der Waals surface area contributed by atoms with Gasteiger partial charge in [0, 0.05) is 91.6 Å². The van der Waals surface area contributed by atoms with E-state index in [-0.39, 0.29) is 65.4 Å². The minimum atomic E-state index is 0. The van der Waals surface area contributed by atoms with Crippen LogP contribution in [0.4, 0.5) is 0 Å². The fraction of sp³-hybridized carbons (Fsp3) is 0.857. The van der Waals surface area contributed by atoms with Crippen molar-refractivity contribution >= 4 is 0 Å². The molecule has 1 rings (SSSR count). The SMILES string of the molecule is [CH2-]CN1CCN(C)CC1.[Y].[Y]. The van der Waals surface area contributed by atoms with Crippen LogP contribution in [0, 0.1) is 6.92 Å². The Labute approximate surface area is 120 Å². The predicted octanol–water partition coefficient (Wildman–Crippen LogP) is 0.0629. The van der Waals surface area contributed by atoms with Gasteiger partial charge in [0.25, 0.3) is 0 Å². The topological polar surface area (TPSA) is 6.48 Å². The zero-order valence-corrected chi connectivity index (χ0v) is 13.0. The van der Waals surface area contributed by atoms with E-state index in [1.54, 1.807) is 0 Å². The molecule has 1 fully saturated rings. The molecule has 0 aromatic rings. The van der Waals surface area contributed by atoms with E-state index in [1.807, 2.05) is 0 Å². The third-order valence-electron chi connectivity index (χ3n) is 1.91. The molecular weight excluding hydrogens is 290 g/mol. The van der Waals surface area contributed by atoms with Crippen molar-refractivity contribution < 1.29 is 65.4 Å². The molecule has 0 bridgehead atoms. The van der Waals surface area contributed by atoms with Gasteiger partial charge in [0.15, 0.2) is 0 Å². The Morgan fingerprint density at radius 1 is 1.09 bits per heavy atom. The number of hydrogen-bond donors (Lipinski definition) is 0.